The molecule has 0 aliphatic rings. The minimum atomic E-state index is -0.138. The lowest BCUT2D eigenvalue weighted by atomic mass is 10.2. The van der Waals surface area contributed by atoms with Gasteiger partial charge in [0.15, 0.2) is 0 Å². The molecule has 0 aliphatic heterocycles. The van der Waals surface area contributed by atoms with Crippen LogP contribution in [0.5, 0.6) is 11.5 Å². The van der Waals surface area contributed by atoms with Gasteiger partial charge in [-0.15, -0.1) is 0 Å². The molecule has 0 aliphatic carbocycles. The van der Waals surface area contributed by atoms with E-state index in [1.165, 1.54) is 0 Å². The molecule has 0 unspecified atom stereocenters. The van der Waals surface area contributed by atoms with Gasteiger partial charge in [0.05, 0.1) is 6.54 Å². The number of carbonyl (C=O) groups is 1. The summed E-state index contributed by atoms with van der Waals surface area (Å²) in [6.07, 6.45) is 0. The molecule has 2 N–H and O–H groups in total. The van der Waals surface area contributed by atoms with Crippen LogP contribution in [0.1, 0.15) is 5.56 Å². The molecular formula is C21H19ClN2O2. The summed E-state index contributed by atoms with van der Waals surface area (Å²) in [6.45, 7) is 2.07. The van der Waals surface area contributed by atoms with Gasteiger partial charge in [-0.3, -0.25) is 4.79 Å². The van der Waals surface area contributed by atoms with E-state index < -0.39 is 0 Å². The smallest absolute Gasteiger partial charge is 0.243 e. The summed E-state index contributed by atoms with van der Waals surface area (Å²) in [5.41, 5.74) is 2.48. The average molecular weight is 367 g/mol. The van der Waals surface area contributed by atoms with Gasteiger partial charge in [0, 0.05) is 16.4 Å². The van der Waals surface area contributed by atoms with E-state index in [1.807, 2.05) is 67.6 Å². The number of benzene rings is 3. The molecule has 4 nitrogen and oxygen atoms in total. The standard InChI is InChI=1S/C21H19ClN2O2/c1-15-19(22)8-5-9-20(15)23-14-21(25)24-16-10-12-18(13-11-16)26-17-6-3-2-4-7-17/h2-13,23H,14H2,1H3,(H,24,25). The normalized spacial score (nSPS) is 10.2. The molecule has 0 atom stereocenters. The SMILES string of the molecule is Cc1c(Cl)cccc1NCC(=O)Nc1ccc(Oc2ccccc2)cc1. The molecule has 3 aromatic carbocycles. The van der Waals surface area contributed by atoms with Crippen molar-refractivity contribution in [3.63, 3.8) is 0 Å². The topological polar surface area (TPSA) is 50.4 Å². The minimum Gasteiger partial charge on any atom is -0.457 e. The van der Waals surface area contributed by atoms with Crippen LogP contribution in [0.2, 0.25) is 5.02 Å². The van der Waals surface area contributed by atoms with E-state index in [-0.39, 0.29) is 12.5 Å². The number of hydrogen-bond acceptors (Lipinski definition) is 3. The molecule has 1 amide bonds. The predicted octanol–water partition coefficient (Wildman–Crippen LogP) is 5.49. The zero-order valence-electron chi connectivity index (χ0n) is 14.3. The third-order valence-electron chi connectivity index (χ3n) is 3.82. The van der Waals surface area contributed by atoms with Crippen LogP contribution in [0.15, 0.2) is 72.8 Å². The number of anilines is 2. The molecule has 0 radical (unpaired) electrons. The fourth-order valence-corrected chi connectivity index (χ4v) is 2.59. The van der Waals surface area contributed by atoms with Crippen molar-refractivity contribution in [2.75, 3.05) is 17.2 Å². The molecule has 0 heterocycles. The summed E-state index contributed by atoms with van der Waals surface area (Å²) in [5, 5.41) is 6.61. The minimum absolute atomic E-state index is 0.138. The maximum Gasteiger partial charge on any atom is 0.243 e. The quantitative estimate of drug-likeness (QED) is 0.606. The molecule has 0 saturated heterocycles. The third-order valence-corrected chi connectivity index (χ3v) is 4.23. The van der Waals surface area contributed by atoms with E-state index in [1.54, 1.807) is 12.1 Å². The van der Waals surface area contributed by atoms with Crippen molar-refractivity contribution in [3.05, 3.63) is 83.4 Å². The van der Waals surface area contributed by atoms with Crippen LogP contribution in [0.25, 0.3) is 0 Å². The second-order valence-corrected chi connectivity index (χ2v) is 6.16. The highest BCUT2D eigenvalue weighted by Crippen LogP contribution is 2.24. The molecule has 3 aromatic rings. The maximum absolute atomic E-state index is 12.1. The van der Waals surface area contributed by atoms with E-state index in [2.05, 4.69) is 10.6 Å². The van der Waals surface area contributed by atoms with Crippen LogP contribution >= 0.6 is 11.6 Å². The van der Waals surface area contributed by atoms with Crippen molar-refractivity contribution in [2.45, 2.75) is 6.92 Å². The first-order valence-electron chi connectivity index (χ1n) is 8.23. The summed E-state index contributed by atoms with van der Waals surface area (Å²) in [4.78, 5) is 12.1. The van der Waals surface area contributed by atoms with Crippen LogP contribution in [0.4, 0.5) is 11.4 Å². The molecule has 132 valence electrons. The van der Waals surface area contributed by atoms with Gasteiger partial charge in [0.2, 0.25) is 5.91 Å². The van der Waals surface area contributed by atoms with Crippen LogP contribution in [0, 0.1) is 6.92 Å². The molecule has 0 aromatic heterocycles. The fourth-order valence-electron chi connectivity index (χ4n) is 2.41. The Bertz CT molecular complexity index is 880. The highest BCUT2D eigenvalue weighted by Gasteiger charge is 2.06. The first-order valence-corrected chi connectivity index (χ1v) is 8.61. The van der Waals surface area contributed by atoms with Gasteiger partial charge >= 0.3 is 0 Å². The first kappa shape index (κ1) is 17.8. The number of nitrogens with one attached hydrogen (secondary N) is 2. The summed E-state index contributed by atoms with van der Waals surface area (Å²) < 4.78 is 5.73. The molecule has 0 spiro atoms. The molecular weight excluding hydrogens is 348 g/mol. The van der Waals surface area contributed by atoms with E-state index >= 15 is 0 Å². The van der Waals surface area contributed by atoms with Crippen molar-refractivity contribution in [1.29, 1.82) is 0 Å². The summed E-state index contributed by atoms with van der Waals surface area (Å²) in [7, 11) is 0. The summed E-state index contributed by atoms with van der Waals surface area (Å²) in [6, 6.07) is 22.3. The Labute approximate surface area is 157 Å². The van der Waals surface area contributed by atoms with Crippen LogP contribution in [-0.4, -0.2) is 12.5 Å². The number of halogens is 1. The lowest BCUT2D eigenvalue weighted by molar-refractivity contribution is -0.114. The van der Waals surface area contributed by atoms with Crippen LogP contribution in [0.3, 0.4) is 0 Å². The lowest BCUT2D eigenvalue weighted by Gasteiger charge is -2.11. The Morgan fingerprint density at radius 3 is 2.35 bits per heavy atom. The Morgan fingerprint density at radius 2 is 1.62 bits per heavy atom. The van der Waals surface area contributed by atoms with Gasteiger partial charge in [-0.1, -0.05) is 35.9 Å². The van der Waals surface area contributed by atoms with Gasteiger partial charge in [0.25, 0.3) is 0 Å². The Hall–Kier alpha value is -2.98. The molecule has 5 heteroatoms. The summed E-state index contributed by atoms with van der Waals surface area (Å²) >= 11 is 6.08. The molecule has 26 heavy (non-hydrogen) atoms. The monoisotopic (exact) mass is 366 g/mol. The van der Waals surface area contributed by atoms with Crippen molar-refractivity contribution in [1.82, 2.24) is 0 Å². The third kappa shape index (κ3) is 4.77. The van der Waals surface area contributed by atoms with E-state index in [9.17, 15) is 4.79 Å². The summed E-state index contributed by atoms with van der Waals surface area (Å²) in [5.74, 6) is 1.34. The van der Waals surface area contributed by atoms with Crippen LogP contribution in [-0.2, 0) is 4.79 Å². The highest BCUT2D eigenvalue weighted by atomic mass is 35.5. The number of hydrogen-bond donors (Lipinski definition) is 2. The van der Waals surface area contributed by atoms with Crippen molar-refractivity contribution in [3.8, 4) is 11.5 Å². The molecule has 0 bridgehead atoms. The van der Waals surface area contributed by atoms with E-state index in [0.29, 0.717) is 16.5 Å². The van der Waals surface area contributed by atoms with Gasteiger partial charge in [-0.05, 0) is 61.0 Å². The van der Waals surface area contributed by atoms with Gasteiger partial charge in [-0.2, -0.15) is 0 Å². The Balaban J connectivity index is 1.53. The Morgan fingerprint density at radius 1 is 0.923 bits per heavy atom. The maximum atomic E-state index is 12.1. The lowest BCUT2D eigenvalue weighted by Crippen LogP contribution is -2.22. The zero-order valence-corrected chi connectivity index (χ0v) is 15.1. The number of ether oxygens (including phenoxy) is 1. The fraction of sp³-hybridized carbons (Fsp3) is 0.0952. The number of carbonyl (C=O) groups excluding carboxylic acids is 1. The molecule has 3 rings (SSSR count). The second kappa shape index (κ2) is 8.41. The second-order valence-electron chi connectivity index (χ2n) is 5.75. The van der Waals surface area contributed by atoms with Crippen molar-refractivity contribution < 1.29 is 9.53 Å². The molecule has 0 fully saturated rings. The van der Waals surface area contributed by atoms with Crippen molar-refractivity contribution >= 4 is 28.9 Å². The largest absolute Gasteiger partial charge is 0.457 e. The Kier molecular flexibility index (Phi) is 5.77. The van der Waals surface area contributed by atoms with Gasteiger partial charge in [-0.25, -0.2) is 0 Å². The van der Waals surface area contributed by atoms with Gasteiger partial charge in [0.1, 0.15) is 11.5 Å². The average Bonchev–Trinajstić information content (AvgIpc) is 2.65. The molecule has 0 saturated carbocycles. The predicted molar refractivity (Wildman–Crippen MR) is 106 cm³/mol. The number of para-hydroxylation sites is 1. The van der Waals surface area contributed by atoms with Gasteiger partial charge < -0.3 is 15.4 Å². The first-order chi connectivity index (χ1) is 12.6. The van der Waals surface area contributed by atoms with Crippen LogP contribution < -0.4 is 15.4 Å². The van der Waals surface area contributed by atoms with E-state index in [0.717, 1.165) is 17.0 Å². The zero-order chi connectivity index (χ0) is 18.4. The number of rotatable bonds is 6. The number of amides is 1. The highest BCUT2D eigenvalue weighted by molar-refractivity contribution is 6.31. The van der Waals surface area contributed by atoms with E-state index in [4.69, 9.17) is 16.3 Å². The van der Waals surface area contributed by atoms with Crippen molar-refractivity contribution in [2.24, 2.45) is 0 Å².